The van der Waals surface area contributed by atoms with E-state index in [4.69, 9.17) is 14.2 Å². The van der Waals surface area contributed by atoms with Gasteiger partial charge in [0.05, 0.1) is 20.3 Å². The summed E-state index contributed by atoms with van der Waals surface area (Å²) in [4.78, 5) is 39.1. The van der Waals surface area contributed by atoms with E-state index in [1.54, 1.807) is 54.6 Å². The van der Waals surface area contributed by atoms with Gasteiger partial charge in [-0.05, 0) is 11.1 Å². The van der Waals surface area contributed by atoms with Gasteiger partial charge in [0, 0.05) is 0 Å². The second kappa shape index (κ2) is 9.41. The number of benzene rings is 2. The van der Waals surface area contributed by atoms with Crippen LogP contribution in [0.5, 0.6) is 0 Å². The number of ether oxygens (including phenoxy) is 3. The first-order valence-corrected chi connectivity index (χ1v) is 9.37. The molecule has 8 nitrogen and oxygen atoms in total. The van der Waals surface area contributed by atoms with E-state index in [2.05, 4.69) is 0 Å². The molecule has 0 aromatic heterocycles. The number of carbonyl (C=O) groups excluding carboxylic acids is 3. The topological polar surface area (TPSA) is 102 Å². The summed E-state index contributed by atoms with van der Waals surface area (Å²) in [5, 5.41) is 10.8. The molecule has 0 radical (unpaired) electrons. The number of methoxy groups -OCH3 is 2. The first kappa shape index (κ1) is 21.3. The number of hydrogen-bond acceptors (Lipinski definition) is 7. The monoisotopic (exact) mass is 413 g/mol. The van der Waals surface area contributed by atoms with Crippen molar-refractivity contribution < 1.29 is 33.7 Å². The van der Waals surface area contributed by atoms with Gasteiger partial charge in [-0.25, -0.2) is 9.59 Å². The van der Waals surface area contributed by atoms with Crippen molar-refractivity contribution >= 4 is 18.0 Å². The molecule has 0 aliphatic carbocycles. The zero-order valence-corrected chi connectivity index (χ0v) is 16.6. The Morgan fingerprint density at radius 3 is 2.03 bits per heavy atom. The third-order valence-electron chi connectivity index (χ3n) is 5.10. The molecular weight excluding hydrogens is 390 g/mol. The third kappa shape index (κ3) is 4.13. The van der Waals surface area contributed by atoms with Crippen molar-refractivity contribution in [3.63, 3.8) is 0 Å². The van der Waals surface area contributed by atoms with Gasteiger partial charge in [0.1, 0.15) is 18.6 Å². The zero-order valence-electron chi connectivity index (χ0n) is 16.6. The Bertz CT molecular complexity index is 887. The lowest BCUT2D eigenvalue weighted by atomic mass is 9.91. The molecule has 30 heavy (non-hydrogen) atoms. The second-order valence-corrected chi connectivity index (χ2v) is 6.81. The maximum atomic E-state index is 13.1. The zero-order chi connectivity index (χ0) is 21.7. The molecule has 0 spiro atoms. The minimum Gasteiger partial charge on any atom is -0.469 e. The Labute approximate surface area is 174 Å². The number of esters is 2. The summed E-state index contributed by atoms with van der Waals surface area (Å²) in [7, 11) is 2.33. The van der Waals surface area contributed by atoms with Crippen LogP contribution in [0.15, 0.2) is 60.7 Å². The summed E-state index contributed by atoms with van der Waals surface area (Å²) in [6, 6.07) is 15.3. The Morgan fingerprint density at radius 2 is 1.47 bits per heavy atom. The first-order valence-electron chi connectivity index (χ1n) is 9.37. The lowest BCUT2D eigenvalue weighted by Crippen LogP contribution is -2.46. The lowest BCUT2D eigenvalue weighted by Gasteiger charge is -2.29. The standard InChI is InChI=1S/C22H23NO7/c1-28-20(25)16-17(15-11-7-4-8-12-15)23(18(19(16)24)21(26)29-2)22(27)30-13-14-9-5-3-6-10-14/h3-12,16-19,24H,13H2,1-2H3/t16-,17+,18+,19+/m1/s1. The number of aliphatic hydroxyl groups is 1. The number of hydrogen-bond donors (Lipinski definition) is 1. The normalized spacial score (nSPS) is 23.0. The molecule has 0 bridgehead atoms. The molecule has 1 N–H and O–H groups in total. The SMILES string of the molecule is COC(=O)[C@H]1[C@H](O)[C@@H](C(=O)OC)N(C(=O)OCc2ccccc2)[C@H]1c1ccccc1. The molecule has 1 saturated heterocycles. The third-order valence-corrected chi connectivity index (χ3v) is 5.10. The van der Waals surface area contributed by atoms with E-state index in [1.165, 1.54) is 7.11 Å². The van der Waals surface area contributed by atoms with Gasteiger partial charge in [-0.3, -0.25) is 9.69 Å². The van der Waals surface area contributed by atoms with Crippen molar-refractivity contribution in [3.05, 3.63) is 71.8 Å². The molecule has 2 aromatic carbocycles. The molecule has 1 aliphatic heterocycles. The van der Waals surface area contributed by atoms with Crippen LogP contribution in [0.2, 0.25) is 0 Å². The Hall–Kier alpha value is -3.39. The summed E-state index contributed by atoms with van der Waals surface area (Å²) in [5.74, 6) is -2.79. The summed E-state index contributed by atoms with van der Waals surface area (Å²) >= 11 is 0. The predicted octanol–water partition coefficient (Wildman–Crippen LogP) is 2.07. The van der Waals surface area contributed by atoms with E-state index >= 15 is 0 Å². The molecule has 2 aromatic rings. The number of likely N-dealkylation sites (tertiary alicyclic amines) is 1. The fourth-order valence-corrected chi connectivity index (χ4v) is 3.71. The maximum Gasteiger partial charge on any atom is 0.411 e. The summed E-state index contributed by atoms with van der Waals surface area (Å²) in [6.45, 7) is -0.0371. The molecule has 1 amide bonds. The largest absolute Gasteiger partial charge is 0.469 e. The van der Waals surface area contributed by atoms with Crippen LogP contribution in [-0.4, -0.2) is 54.4 Å². The van der Waals surface area contributed by atoms with Crippen LogP contribution in [0.25, 0.3) is 0 Å². The minimum atomic E-state index is -1.53. The highest BCUT2D eigenvalue weighted by Crippen LogP contribution is 2.43. The molecule has 3 rings (SSSR count). The Balaban J connectivity index is 1.99. The van der Waals surface area contributed by atoms with Gasteiger partial charge in [0.15, 0.2) is 6.04 Å². The van der Waals surface area contributed by atoms with Crippen LogP contribution >= 0.6 is 0 Å². The molecule has 4 atom stereocenters. The number of amides is 1. The fourth-order valence-electron chi connectivity index (χ4n) is 3.71. The number of nitrogens with zero attached hydrogens (tertiary/aromatic N) is 1. The minimum absolute atomic E-state index is 0.0371. The van der Waals surface area contributed by atoms with Gasteiger partial charge < -0.3 is 19.3 Å². The quantitative estimate of drug-likeness (QED) is 0.591. The van der Waals surface area contributed by atoms with E-state index in [-0.39, 0.29) is 6.61 Å². The highest BCUT2D eigenvalue weighted by Gasteiger charge is 2.58. The van der Waals surface area contributed by atoms with Gasteiger partial charge in [0.25, 0.3) is 0 Å². The smallest absolute Gasteiger partial charge is 0.411 e. The van der Waals surface area contributed by atoms with Crippen LogP contribution < -0.4 is 0 Å². The van der Waals surface area contributed by atoms with Crippen LogP contribution in [0.4, 0.5) is 4.79 Å². The van der Waals surface area contributed by atoms with E-state index < -0.39 is 42.1 Å². The second-order valence-electron chi connectivity index (χ2n) is 6.81. The highest BCUT2D eigenvalue weighted by atomic mass is 16.6. The summed E-state index contributed by atoms with van der Waals surface area (Å²) < 4.78 is 15.1. The average molecular weight is 413 g/mol. The molecule has 1 heterocycles. The van der Waals surface area contributed by atoms with E-state index in [0.29, 0.717) is 5.56 Å². The molecular formula is C22H23NO7. The number of carbonyl (C=O) groups is 3. The van der Waals surface area contributed by atoms with Crippen molar-refractivity contribution in [2.24, 2.45) is 5.92 Å². The summed E-state index contributed by atoms with van der Waals surface area (Å²) in [6.07, 6.45) is -2.38. The van der Waals surface area contributed by atoms with Crippen LogP contribution in [-0.2, 0) is 30.4 Å². The van der Waals surface area contributed by atoms with Crippen LogP contribution in [0.3, 0.4) is 0 Å². The molecule has 0 unspecified atom stereocenters. The Kier molecular flexibility index (Phi) is 6.68. The number of rotatable bonds is 5. The van der Waals surface area contributed by atoms with E-state index in [0.717, 1.165) is 17.6 Å². The Morgan fingerprint density at radius 1 is 0.900 bits per heavy atom. The van der Waals surface area contributed by atoms with Crippen molar-refractivity contribution in [3.8, 4) is 0 Å². The van der Waals surface area contributed by atoms with Crippen molar-refractivity contribution in [2.45, 2.75) is 24.8 Å². The van der Waals surface area contributed by atoms with Gasteiger partial charge in [-0.15, -0.1) is 0 Å². The fraction of sp³-hybridized carbons (Fsp3) is 0.318. The van der Waals surface area contributed by atoms with Gasteiger partial charge in [-0.2, -0.15) is 0 Å². The van der Waals surface area contributed by atoms with Crippen LogP contribution in [0, 0.1) is 5.92 Å². The molecule has 1 fully saturated rings. The van der Waals surface area contributed by atoms with Crippen molar-refractivity contribution in [1.29, 1.82) is 0 Å². The van der Waals surface area contributed by atoms with Crippen LogP contribution in [0.1, 0.15) is 17.2 Å². The maximum absolute atomic E-state index is 13.1. The predicted molar refractivity (Wildman–Crippen MR) is 105 cm³/mol. The van der Waals surface area contributed by atoms with Crippen molar-refractivity contribution in [1.82, 2.24) is 4.90 Å². The van der Waals surface area contributed by atoms with Gasteiger partial charge in [0.2, 0.25) is 0 Å². The molecule has 1 aliphatic rings. The van der Waals surface area contributed by atoms with Gasteiger partial charge in [-0.1, -0.05) is 60.7 Å². The first-order chi connectivity index (χ1) is 14.5. The molecule has 158 valence electrons. The molecule has 8 heteroatoms. The highest BCUT2D eigenvalue weighted by molar-refractivity contribution is 5.87. The molecule has 0 saturated carbocycles. The lowest BCUT2D eigenvalue weighted by molar-refractivity contribution is -0.151. The van der Waals surface area contributed by atoms with E-state index in [1.807, 2.05) is 6.07 Å². The van der Waals surface area contributed by atoms with Crippen molar-refractivity contribution in [2.75, 3.05) is 14.2 Å². The van der Waals surface area contributed by atoms with E-state index in [9.17, 15) is 19.5 Å². The number of aliphatic hydroxyl groups excluding tert-OH is 1. The van der Waals surface area contributed by atoms with Gasteiger partial charge >= 0.3 is 18.0 Å². The average Bonchev–Trinajstić information content (AvgIpc) is 3.10. The summed E-state index contributed by atoms with van der Waals surface area (Å²) in [5.41, 5.74) is 1.30.